The minimum Gasteiger partial charge on any atom is -0.393 e. The summed E-state index contributed by atoms with van der Waals surface area (Å²) in [6.07, 6.45) is -0.835. The molecule has 3 atom stereocenters. The highest BCUT2D eigenvalue weighted by molar-refractivity contribution is 8.68. The molecule has 0 spiro atoms. The van der Waals surface area contributed by atoms with Gasteiger partial charge in [-0.25, -0.2) is 0 Å². The average molecular weight is 1230 g/mol. The third kappa shape index (κ3) is 50.3. The molecule has 3 unspecified atom stereocenters. The van der Waals surface area contributed by atoms with Gasteiger partial charge in [-0.1, -0.05) is 137 Å². The van der Waals surface area contributed by atoms with Crippen molar-refractivity contribution in [3.63, 3.8) is 0 Å². The molecule has 28 heteroatoms. The topological polar surface area (TPSA) is 94.1 Å². The first-order chi connectivity index (χ1) is 28.0. The monoisotopic (exact) mass is 1230 g/mol. The van der Waals surface area contributed by atoms with Crippen molar-refractivity contribution in [3.05, 3.63) is 0 Å². The molecular formula is C34H78O9P6S13. The molecule has 0 aromatic carbocycles. The lowest BCUT2D eigenvalue weighted by Gasteiger charge is -2.28. The molecule has 0 rings (SSSR count). The van der Waals surface area contributed by atoms with Crippen LogP contribution in [0.2, 0.25) is 0 Å². The Hall–Kier alpha value is 5.34. The van der Waals surface area contributed by atoms with Crippen LogP contribution in [0.15, 0.2) is 0 Å². The Morgan fingerprint density at radius 2 is 0.774 bits per heavy atom. The van der Waals surface area contributed by atoms with E-state index < -0.39 is 22.8 Å². The van der Waals surface area contributed by atoms with Crippen molar-refractivity contribution in [1.82, 2.24) is 0 Å². The molecule has 0 radical (unpaired) electrons. The Balaban J connectivity index is -0.000000552. The SMILES string of the molecule is C.CC(C)COP(=S)(OCC(C)C)SCC(C)O.CC(C)COP(=S)(OCC(C)C)SCC(C)OP(=S)(S)OC(C)CSP(=S)(OCC(C)C)OCC(C)C.S=PP=S=S=S=S. The number of rotatable bonds is 32. The summed E-state index contributed by atoms with van der Waals surface area (Å²) in [6.45, 7) is 34.2. The van der Waals surface area contributed by atoms with Crippen molar-refractivity contribution in [2.24, 2.45) is 35.5 Å². The fourth-order valence-electron chi connectivity index (χ4n) is 2.95. The molecule has 0 heterocycles. The van der Waals surface area contributed by atoms with Gasteiger partial charge in [0, 0.05) is 31.3 Å². The van der Waals surface area contributed by atoms with Gasteiger partial charge in [-0.3, -0.25) is 0 Å². The summed E-state index contributed by atoms with van der Waals surface area (Å²) in [5, 5.41) is 9.31. The van der Waals surface area contributed by atoms with E-state index in [9.17, 15) is 5.11 Å². The molecule has 0 aliphatic heterocycles. The Morgan fingerprint density at radius 3 is 0.984 bits per heavy atom. The van der Waals surface area contributed by atoms with Crippen LogP contribution in [0.1, 0.15) is 111 Å². The fourth-order valence-corrected chi connectivity index (χ4v) is 29.3. The van der Waals surface area contributed by atoms with Crippen LogP contribution in [0.25, 0.3) is 0 Å². The molecule has 0 saturated carbocycles. The van der Waals surface area contributed by atoms with Crippen LogP contribution >= 0.6 is 83.3 Å². The Morgan fingerprint density at radius 1 is 0.516 bits per heavy atom. The summed E-state index contributed by atoms with van der Waals surface area (Å²) in [4.78, 5) is 0. The quantitative estimate of drug-likeness (QED) is 0.0494. The van der Waals surface area contributed by atoms with Crippen molar-refractivity contribution in [2.45, 2.75) is 130 Å². The molecule has 0 fully saturated rings. The standard InChI is InChI=1S/C22H49O6P3S6.C11H25O3PS2.CH4.P2S5/c1-17(2)11-23-30(34,24-12-18(3)4)36-15-21(9)27-29(32,33)28-22(10)16-37-31(35,25-13-19(5)6)26-14-20(7)8;1-9(2)6-13-15(16,14-7-10(3)4)17-8-11(5)12;;3-1-2-5-7-6-4/h17-22H,11-16H2,1-10H3,(H,32,33);9-12H,6-8H2,1-5H3;1H4;. The predicted octanol–water partition coefficient (Wildman–Crippen LogP) is 15.6. The molecule has 0 bridgehead atoms. The van der Waals surface area contributed by atoms with E-state index in [1.54, 1.807) is 25.3 Å². The fraction of sp³-hybridized carbons (Fsp3) is 1.00. The van der Waals surface area contributed by atoms with E-state index in [0.29, 0.717) is 92.4 Å². The predicted molar refractivity (Wildman–Crippen MR) is 318 cm³/mol. The number of aliphatic hydroxyl groups is 1. The van der Waals surface area contributed by atoms with Gasteiger partial charge in [-0.05, 0) is 154 Å². The molecular weight excluding hydrogens is 1160 g/mol. The first-order valence-corrected chi connectivity index (χ1v) is 44.7. The highest BCUT2D eigenvalue weighted by Gasteiger charge is 2.28. The van der Waals surface area contributed by atoms with E-state index in [-0.39, 0.29) is 25.7 Å². The van der Waals surface area contributed by atoms with Crippen molar-refractivity contribution in [2.75, 3.05) is 56.9 Å². The second-order valence-corrected chi connectivity index (χ2v) is 49.9. The number of hydrogen-bond donors (Lipinski definition) is 2. The van der Waals surface area contributed by atoms with E-state index >= 15 is 0 Å². The molecule has 0 aliphatic carbocycles. The van der Waals surface area contributed by atoms with Gasteiger partial charge in [0.05, 0.1) is 58.0 Å². The van der Waals surface area contributed by atoms with Crippen molar-refractivity contribution < 1.29 is 41.3 Å². The van der Waals surface area contributed by atoms with Crippen LogP contribution in [0, 0.1) is 35.5 Å². The molecule has 0 amide bonds. The lowest BCUT2D eigenvalue weighted by Crippen LogP contribution is -2.15. The summed E-state index contributed by atoms with van der Waals surface area (Å²) >= 11 is 40.9. The highest BCUT2D eigenvalue weighted by Crippen LogP contribution is 2.65. The number of thiol groups is 1. The summed E-state index contributed by atoms with van der Waals surface area (Å²) < 4.78 is 47.7. The first-order valence-electron chi connectivity index (χ1n) is 19.7. The van der Waals surface area contributed by atoms with Gasteiger partial charge in [0.15, 0.2) is 0 Å². The normalized spacial score (nSPS) is 14.9. The third-order valence-corrected chi connectivity index (χ3v) is 34.3. The average Bonchev–Trinajstić information content (AvgIpc) is 3.14. The molecule has 9 nitrogen and oxygen atoms in total. The van der Waals surface area contributed by atoms with E-state index in [0.717, 1.165) is 7.04 Å². The first kappa shape index (κ1) is 73.9. The van der Waals surface area contributed by atoms with Gasteiger partial charge in [-0.15, -0.1) is 0 Å². The van der Waals surface area contributed by atoms with E-state index in [1.165, 1.54) is 50.1 Å². The highest BCUT2D eigenvalue weighted by atomic mass is 33.3. The van der Waals surface area contributed by atoms with Crippen LogP contribution in [0.3, 0.4) is 0 Å². The maximum Gasteiger partial charge on any atom is 0.247 e. The zero-order valence-electron chi connectivity index (χ0n) is 38.3. The van der Waals surface area contributed by atoms with E-state index in [2.05, 4.69) is 118 Å². The van der Waals surface area contributed by atoms with Gasteiger partial charge in [-0.2, -0.15) is 0 Å². The second kappa shape index (κ2) is 42.8. The summed E-state index contributed by atoms with van der Waals surface area (Å²) in [5.74, 6) is 4.08. The zero-order valence-corrected chi connectivity index (χ0v) is 54.4. The van der Waals surface area contributed by atoms with Crippen molar-refractivity contribution >= 4 is 181 Å². The molecule has 1 N–H and O–H groups in total. The number of aliphatic hydroxyl groups excluding tert-OH is 1. The minimum absolute atomic E-state index is 0. The summed E-state index contributed by atoms with van der Waals surface area (Å²) in [6, 6.07) is 0. The second-order valence-electron chi connectivity index (χ2n) is 15.9. The van der Waals surface area contributed by atoms with Crippen molar-refractivity contribution in [3.8, 4) is 0 Å². The lowest BCUT2D eigenvalue weighted by atomic mass is 10.2. The van der Waals surface area contributed by atoms with Crippen molar-refractivity contribution in [1.29, 1.82) is 0 Å². The van der Waals surface area contributed by atoms with Crippen LogP contribution in [0.4, 0.5) is 0 Å². The van der Waals surface area contributed by atoms with E-state index in [1.807, 2.05) is 13.8 Å². The Bertz CT molecular complexity index is 1370. The summed E-state index contributed by atoms with van der Waals surface area (Å²) in [7, 11) is 6.83. The van der Waals surface area contributed by atoms with Gasteiger partial charge in [0.25, 0.3) is 0 Å². The van der Waals surface area contributed by atoms with Crippen LogP contribution in [-0.4, -0.2) is 80.3 Å². The molecule has 0 aromatic heterocycles. The maximum absolute atomic E-state index is 9.31. The minimum atomic E-state index is -2.80. The van der Waals surface area contributed by atoms with Gasteiger partial charge >= 0.3 is 0 Å². The smallest absolute Gasteiger partial charge is 0.247 e. The molecule has 0 saturated heterocycles. The Labute approximate surface area is 439 Å². The van der Waals surface area contributed by atoms with Crippen LogP contribution in [0.5, 0.6) is 0 Å². The Kier molecular flexibility index (Phi) is 51.0. The van der Waals surface area contributed by atoms with Gasteiger partial charge < -0.3 is 41.3 Å². The maximum atomic E-state index is 9.31. The lowest BCUT2D eigenvalue weighted by molar-refractivity contribution is 0.190. The van der Waals surface area contributed by atoms with E-state index in [4.69, 9.17) is 83.4 Å². The molecule has 376 valence electrons. The molecule has 0 aromatic rings. The number of hydrogen-bond acceptors (Lipinski definition) is 18. The van der Waals surface area contributed by atoms with Gasteiger partial charge in [0.1, 0.15) is 0 Å². The van der Waals surface area contributed by atoms with Crippen LogP contribution < -0.4 is 0 Å². The third-order valence-electron chi connectivity index (χ3n) is 5.56. The van der Waals surface area contributed by atoms with Gasteiger partial charge in [0.2, 0.25) is 22.8 Å². The molecule has 0 aliphatic rings. The largest absolute Gasteiger partial charge is 0.393 e. The summed E-state index contributed by atoms with van der Waals surface area (Å²) in [5.41, 5.74) is -10.1. The van der Waals surface area contributed by atoms with Crippen LogP contribution in [-0.2, 0) is 134 Å². The molecule has 62 heavy (non-hydrogen) atoms. The zero-order chi connectivity index (χ0) is 47.9.